The number of rotatable bonds is 10. The van der Waals surface area contributed by atoms with Gasteiger partial charge in [-0.2, -0.15) is 0 Å². The van der Waals surface area contributed by atoms with Crippen LogP contribution in [-0.4, -0.2) is 58.8 Å². The Morgan fingerprint density at radius 3 is 2.15 bits per heavy atom. The number of piperazine rings is 1. The van der Waals surface area contributed by atoms with Crippen LogP contribution in [0.3, 0.4) is 0 Å². The highest BCUT2D eigenvalue weighted by molar-refractivity contribution is 6.02. The standard InChI is InChI=1S/C31H38N4O4/c1-22(2)21-32-31(37)26-20-24(33-30(36)19-23-9-12-25(38-3)13-10-23)11-14-27(26)34-15-17-35(18-16-34)28-7-5-6-8-29(28)39-4/h5-14,20,22H,15-19,21H2,1-4H3,(H,32,37)(H,33,36). The number of hydrogen-bond donors (Lipinski definition) is 2. The van der Waals surface area contributed by atoms with Gasteiger partial charge in [-0.25, -0.2) is 0 Å². The van der Waals surface area contributed by atoms with Gasteiger partial charge in [0.1, 0.15) is 11.5 Å². The molecular formula is C31H38N4O4. The number of anilines is 3. The number of nitrogens with one attached hydrogen (secondary N) is 2. The molecule has 1 fully saturated rings. The van der Waals surface area contributed by atoms with E-state index in [1.54, 1.807) is 20.3 Å². The fraction of sp³-hybridized carbons (Fsp3) is 0.355. The summed E-state index contributed by atoms with van der Waals surface area (Å²) in [5, 5.41) is 6.00. The molecule has 1 aliphatic rings. The van der Waals surface area contributed by atoms with Crippen LogP contribution in [0.2, 0.25) is 0 Å². The molecule has 0 aromatic heterocycles. The molecule has 0 unspecified atom stereocenters. The van der Waals surface area contributed by atoms with Crippen molar-refractivity contribution in [3.8, 4) is 11.5 Å². The normalized spacial score (nSPS) is 13.3. The first-order valence-corrected chi connectivity index (χ1v) is 13.4. The summed E-state index contributed by atoms with van der Waals surface area (Å²) >= 11 is 0. The van der Waals surface area contributed by atoms with Gasteiger partial charge in [0.2, 0.25) is 5.91 Å². The van der Waals surface area contributed by atoms with Crippen LogP contribution >= 0.6 is 0 Å². The van der Waals surface area contributed by atoms with Crippen molar-refractivity contribution >= 4 is 28.9 Å². The number of nitrogens with zero attached hydrogens (tertiary/aromatic N) is 2. The molecule has 0 saturated carbocycles. The molecule has 3 aromatic rings. The van der Waals surface area contributed by atoms with Gasteiger partial charge >= 0.3 is 0 Å². The molecule has 3 aromatic carbocycles. The molecule has 1 aliphatic heterocycles. The Morgan fingerprint density at radius 2 is 1.51 bits per heavy atom. The maximum absolute atomic E-state index is 13.3. The first-order chi connectivity index (χ1) is 18.9. The highest BCUT2D eigenvalue weighted by atomic mass is 16.5. The molecule has 4 rings (SSSR count). The van der Waals surface area contributed by atoms with E-state index in [1.165, 1.54) is 0 Å². The summed E-state index contributed by atoms with van der Waals surface area (Å²) in [6.07, 6.45) is 0.228. The fourth-order valence-corrected chi connectivity index (χ4v) is 4.68. The van der Waals surface area contributed by atoms with E-state index < -0.39 is 0 Å². The summed E-state index contributed by atoms with van der Waals surface area (Å²) in [6, 6.07) is 21.0. The first-order valence-electron chi connectivity index (χ1n) is 13.4. The van der Waals surface area contributed by atoms with E-state index in [2.05, 4.69) is 40.3 Å². The Hall–Kier alpha value is -4.20. The third-order valence-electron chi connectivity index (χ3n) is 6.77. The number of ether oxygens (including phenoxy) is 2. The van der Waals surface area contributed by atoms with Gasteiger partial charge < -0.3 is 29.9 Å². The van der Waals surface area contributed by atoms with Crippen molar-refractivity contribution < 1.29 is 19.1 Å². The topological polar surface area (TPSA) is 83.1 Å². The van der Waals surface area contributed by atoms with Crippen molar-refractivity contribution in [3.05, 3.63) is 77.9 Å². The number of carbonyl (C=O) groups excluding carboxylic acids is 2. The molecular weight excluding hydrogens is 492 g/mol. The van der Waals surface area contributed by atoms with Crippen molar-refractivity contribution in [2.24, 2.45) is 5.92 Å². The minimum absolute atomic E-state index is 0.142. The van der Waals surface area contributed by atoms with E-state index >= 15 is 0 Å². The van der Waals surface area contributed by atoms with Crippen LogP contribution in [0.25, 0.3) is 0 Å². The summed E-state index contributed by atoms with van der Waals surface area (Å²) in [6.45, 7) is 7.81. The fourth-order valence-electron chi connectivity index (χ4n) is 4.68. The maximum atomic E-state index is 13.3. The second kappa shape index (κ2) is 13.0. The SMILES string of the molecule is COc1ccc(CC(=O)Nc2ccc(N3CCN(c4ccccc4OC)CC3)c(C(=O)NCC(C)C)c2)cc1. The quantitative estimate of drug-likeness (QED) is 0.399. The molecule has 39 heavy (non-hydrogen) atoms. The highest BCUT2D eigenvalue weighted by Gasteiger charge is 2.24. The first kappa shape index (κ1) is 27.8. The average Bonchev–Trinajstić information content (AvgIpc) is 2.96. The molecule has 0 radical (unpaired) electrons. The third-order valence-corrected chi connectivity index (χ3v) is 6.77. The summed E-state index contributed by atoms with van der Waals surface area (Å²) in [5.41, 5.74) is 3.98. The van der Waals surface area contributed by atoms with Gasteiger partial charge in [0, 0.05) is 44.1 Å². The Balaban J connectivity index is 1.49. The largest absolute Gasteiger partial charge is 0.497 e. The third kappa shape index (κ3) is 7.22. The van der Waals surface area contributed by atoms with Crippen LogP contribution in [-0.2, 0) is 11.2 Å². The van der Waals surface area contributed by atoms with Crippen LogP contribution in [0.15, 0.2) is 66.7 Å². The summed E-state index contributed by atoms with van der Waals surface area (Å²) in [4.78, 5) is 30.6. The number of amides is 2. The lowest BCUT2D eigenvalue weighted by atomic mass is 10.1. The van der Waals surface area contributed by atoms with Crippen molar-refractivity contribution in [2.75, 3.05) is 62.1 Å². The molecule has 0 spiro atoms. The molecule has 0 atom stereocenters. The summed E-state index contributed by atoms with van der Waals surface area (Å²) in [5.74, 6) is 1.64. The van der Waals surface area contributed by atoms with Crippen molar-refractivity contribution in [2.45, 2.75) is 20.3 Å². The highest BCUT2D eigenvalue weighted by Crippen LogP contribution is 2.31. The van der Waals surface area contributed by atoms with Crippen LogP contribution in [0.4, 0.5) is 17.1 Å². The zero-order chi connectivity index (χ0) is 27.8. The second-order valence-corrected chi connectivity index (χ2v) is 10.1. The van der Waals surface area contributed by atoms with E-state index in [0.29, 0.717) is 23.7 Å². The lowest BCUT2D eigenvalue weighted by molar-refractivity contribution is -0.115. The van der Waals surface area contributed by atoms with E-state index in [9.17, 15) is 9.59 Å². The molecule has 0 aliphatic carbocycles. The second-order valence-electron chi connectivity index (χ2n) is 10.1. The zero-order valence-corrected chi connectivity index (χ0v) is 23.2. The van der Waals surface area contributed by atoms with Crippen LogP contribution in [0.5, 0.6) is 11.5 Å². The molecule has 1 saturated heterocycles. The van der Waals surface area contributed by atoms with Crippen LogP contribution in [0.1, 0.15) is 29.8 Å². The smallest absolute Gasteiger partial charge is 0.253 e. The monoisotopic (exact) mass is 530 g/mol. The predicted octanol–water partition coefficient (Wildman–Crippen LogP) is 4.60. The minimum atomic E-state index is -0.146. The average molecular weight is 531 g/mol. The number of hydrogen-bond acceptors (Lipinski definition) is 6. The molecule has 2 N–H and O–H groups in total. The Labute approximate surface area is 230 Å². The number of methoxy groups -OCH3 is 2. The molecule has 1 heterocycles. The van der Waals surface area contributed by atoms with Gasteiger partial charge in [-0.05, 0) is 53.9 Å². The molecule has 8 nitrogen and oxygen atoms in total. The van der Waals surface area contributed by atoms with Gasteiger partial charge in [0.15, 0.2) is 0 Å². The van der Waals surface area contributed by atoms with Gasteiger partial charge in [-0.3, -0.25) is 9.59 Å². The lowest BCUT2D eigenvalue weighted by Gasteiger charge is -2.38. The number of carbonyl (C=O) groups is 2. The summed E-state index contributed by atoms with van der Waals surface area (Å²) < 4.78 is 10.7. The maximum Gasteiger partial charge on any atom is 0.253 e. The minimum Gasteiger partial charge on any atom is -0.497 e. The van der Waals surface area contributed by atoms with Crippen LogP contribution in [0, 0.1) is 5.92 Å². The Bertz CT molecular complexity index is 1270. The number of benzene rings is 3. The predicted molar refractivity (Wildman–Crippen MR) is 156 cm³/mol. The van der Waals surface area contributed by atoms with Crippen molar-refractivity contribution in [1.82, 2.24) is 5.32 Å². The van der Waals surface area contributed by atoms with E-state index in [4.69, 9.17) is 9.47 Å². The molecule has 0 bridgehead atoms. The van der Waals surface area contributed by atoms with Gasteiger partial charge in [0.05, 0.1) is 31.9 Å². The lowest BCUT2D eigenvalue weighted by Crippen LogP contribution is -2.47. The zero-order valence-electron chi connectivity index (χ0n) is 23.2. The van der Waals surface area contributed by atoms with E-state index in [1.807, 2.05) is 54.6 Å². The van der Waals surface area contributed by atoms with E-state index in [0.717, 1.165) is 54.6 Å². The molecule has 2 amide bonds. The summed E-state index contributed by atoms with van der Waals surface area (Å²) in [7, 11) is 3.30. The van der Waals surface area contributed by atoms with E-state index in [-0.39, 0.29) is 18.2 Å². The molecule has 8 heteroatoms. The van der Waals surface area contributed by atoms with Gasteiger partial charge in [-0.15, -0.1) is 0 Å². The van der Waals surface area contributed by atoms with Crippen LogP contribution < -0.4 is 29.9 Å². The van der Waals surface area contributed by atoms with Gasteiger partial charge in [-0.1, -0.05) is 38.1 Å². The Morgan fingerprint density at radius 1 is 0.846 bits per heavy atom. The molecule has 206 valence electrons. The van der Waals surface area contributed by atoms with Gasteiger partial charge in [0.25, 0.3) is 5.91 Å². The Kier molecular flexibility index (Phi) is 9.31. The van der Waals surface area contributed by atoms with Crippen molar-refractivity contribution in [3.63, 3.8) is 0 Å². The number of para-hydroxylation sites is 2. The van der Waals surface area contributed by atoms with Crippen molar-refractivity contribution in [1.29, 1.82) is 0 Å².